The molecular formula is C16H30N4O8. The second kappa shape index (κ2) is 12.3. The second-order valence-electron chi connectivity index (χ2n) is 6.59. The van der Waals surface area contributed by atoms with Gasteiger partial charge < -0.3 is 35.3 Å². The van der Waals surface area contributed by atoms with E-state index in [2.05, 4.69) is 0 Å². The molecule has 2 amide bonds. The van der Waals surface area contributed by atoms with Gasteiger partial charge in [0.05, 0.1) is 13.2 Å². The van der Waals surface area contributed by atoms with Gasteiger partial charge in [0.25, 0.3) is 0 Å². The summed E-state index contributed by atoms with van der Waals surface area (Å²) >= 11 is 0. The highest BCUT2D eigenvalue weighted by Crippen LogP contribution is 2.07. The molecular weight excluding hydrogens is 376 g/mol. The van der Waals surface area contributed by atoms with E-state index in [1.165, 1.54) is 0 Å². The van der Waals surface area contributed by atoms with Crippen LogP contribution in [-0.4, -0.2) is 141 Å². The van der Waals surface area contributed by atoms with Crippen molar-refractivity contribution >= 4 is 18.2 Å². The molecule has 28 heavy (non-hydrogen) atoms. The Morgan fingerprint density at radius 2 is 1.21 bits per heavy atom. The first-order valence-electron chi connectivity index (χ1n) is 9.14. The lowest BCUT2D eigenvalue weighted by Crippen LogP contribution is -2.51. The number of hydrogen-bond donors (Lipinski definition) is 5. The average molecular weight is 406 g/mol. The van der Waals surface area contributed by atoms with Gasteiger partial charge in [-0.2, -0.15) is 0 Å². The van der Waals surface area contributed by atoms with Crippen LogP contribution in [0.15, 0.2) is 0 Å². The molecule has 0 aromatic heterocycles. The molecule has 0 bridgehead atoms. The zero-order chi connectivity index (χ0) is 21.1. The van der Waals surface area contributed by atoms with Gasteiger partial charge in [0.2, 0.25) is 0 Å². The molecule has 162 valence electrons. The van der Waals surface area contributed by atoms with Crippen LogP contribution < -0.4 is 0 Å². The van der Waals surface area contributed by atoms with Gasteiger partial charge in [-0.3, -0.25) is 14.6 Å². The van der Waals surface area contributed by atoms with E-state index in [0.717, 1.165) is 9.80 Å². The van der Waals surface area contributed by atoms with Crippen molar-refractivity contribution < 1.29 is 39.9 Å². The van der Waals surface area contributed by atoms with Crippen molar-refractivity contribution in [2.75, 3.05) is 72.1 Å². The number of carboxylic acids is 1. The Bertz CT molecular complexity index is 521. The summed E-state index contributed by atoms with van der Waals surface area (Å²) in [7, 11) is 0. The normalized spacial score (nSPS) is 19.5. The molecule has 1 aliphatic rings. The standard InChI is InChI=1S/C16H30N4O8/c21-10-1-13(12-22)18-4-2-17(11-14(23)24)3-5-19(15(25)26)8-9-20(7-6-18)16(27)28/h13,21-22H,1-12H2,(H,23,24)(H,25,26)(H,27,28). The summed E-state index contributed by atoms with van der Waals surface area (Å²) < 4.78 is 0. The van der Waals surface area contributed by atoms with Gasteiger partial charge >= 0.3 is 18.2 Å². The summed E-state index contributed by atoms with van der Waals surface area (Å²) in [5.74, 6) is -1.04. The molecule has 1 rings (SSSR count). The van der Waals surface area contributed by atoms with Gasteiger partial charge in [-0.05, 0) is 6.42 Å². The first kappa shape index (κ1) is 23.9. The number of nitrogens with zero attached hydrogens (tertiary/aromatic N) is 4. The maximum absolute atomic E-state index is 11.5. The van der Waals surface area contributed by atoms with Gasteiger partial charge in [0.1, 0.15) is 0 Å². The number of aliphatic carboxylic acids is 1. The lowest BCUT2D eigenvalue weighted by atomic mass is 10.2. The fourth-order valence-corrected chi connectivity index (χ4v) is 3.11. The number of rotatable bonds is 6. The summed E-state index contributed by atoms with van der Waals surface area (Å²) in [6, 6.07) is -0.384. The molecule has 1 aliphatic heterocycles. The van der Waals surface area contributed by atoms with Gasteiger partial charge in [-0.25, -0.2) is 9.59 Å². The third-order valence-electron chi connectivity index (χ3n) is 4.78. The topological polar surface area (TPSA) is 165 Å². The Morgan fingerprint density at radius 1 is 0.750 bits per heavy atom. The highest BCUT2D eigenvalue weighted by Gasteiger charge is 2.24. The van der Waals surface area contributed by atoms with Crippen LogP contribution in [0.5, 0.6) is 0 Å². The number of aliphatic hydroxyl groups excluding tert-OH is 2. The lowest BCUT2D eigenvalue weighted by molar-refractivity contribution is -0.138. The van der Waals surface area contributed by atoms with E-state index in [1.54, 1.807) is 4.90 Å². The molecule has 12 heteroatoms. The Hall–Kier alpha value is -2.15. The van der Waals surface area contributed by atoms with Crippen molar-refractivity contribution in [1.29, 1.82) is 0 Å². The molecule has 1 heterocycles. The zero-order valence-corrected chi connectivity index (χ0v) is 15.8. The van der Waals surface area contributed by atoms with Crippen molar-refractivity contribution in [2.24, 2.45) is 0 Å². The Morgan fingerprint density at radius 3 is 1.68 bits per heavy atom. The van der Waals surface area contributed by atoms with Crippen molar-refractivity contribution in [2.45, 2.75) is 12.5 Å². The zero-order valence-electron chi connectivity index (χ0n) is 15.8. The van der Waals surface area contributed by atoms with Crippen LogP contribution >= 0.6 is 0 Å². The molecule has 0 aromatic rings. The molecule has 5 N–H and O–H groups in total. The van der Waals surface area contributed by atoms with Crippen LogP contribution in [0.4, 0.5) is 9.59 Å². The maximum Gasteiger partial charge on any atom is 0.407 e. The number of aliphatic hydroxyl groups is 2. The third-order valence-corrected chi connectivity index (χ3v) is 4.78. The van der Waals surface area contributed by atoms with E-state index in [4.69, 9.17) is 5.11 Å². The fourth-order valence-electron chi connectivity index (χ4n) is 3.11. The predicted octanol–water partition coefficient (Wildman–Crippen LogP) is -1.61. The molecule has 12 nitrogen and oxygen atoms in total. The molecule has 1 unspecified atom stereocenters. The van der Waals surface area contributed by atoms with Crippen LogP contribution in [0, 0.1) is 0 Å². The van der Waals surface area contributed by atoms with Gasteiger partial charge in [0, 0.05) is 65.0 Å². The van der Waals surface area contributed by atoms with Crippen LogP contribution in [0.25, 0.3) is 0 Å². The minimum atomic E-state index is -1.19. The molecule has 0 radical (unpaired) electrons. The number of carbonyl (C=O) groups is 3. The minimum Gasteiger partial charge on any atom is -0.480 e. The molecule has 0 saturated carbocycles. The summed E-state index contributed by atoms with van der Waals surface area (Å²) in [5.41, 5.74) is 0. The van der Waals surface area contributed by atoms with E-state index in [-0.39, 0.29) is 65.1 Å². The van der Waals surface area contributed by atoms with Crippen LogP contribution in [0.1, 0.15) is 6.42 Å². The smallest absolute Gasteiger partial charge is 0.407 e. The predicted molar refractivity (Wildman–Crippen MR) is 97.4 cm³/mol. The Kier molecular flexibility index (Phi) is 10.5. The summed E-state index contributed by atoms with van der Waals surface area (Å²) in [6.45, 7) is 0.589. The third kappa shape index (κ3) is 8.25. The van der Waals surface area contributed by atoms with Crippen LogP contribution in [-0.2, 0) is 4.79 Å². The molecule has 1 saturated heterocycles. The van der Waals surface area contributed by atoms with E-state index in [1.807, 2.05) is 4.90 Å². The largest absolute Gasteiger partial charge is 0.480 e. The lowest BCUT2D eigenvalue weighted by Gasteiger charge is -2.35. The SMILES string of the molecule is O=C(O)CN1CCN(C(=O)O)CCN(C(=O)O)CCN(C(CO)CCO)CC1. The van der Waals surface area contributed by atoms with Gasteiger partial charge in [0.15, 0.2) is 0 Å². The maximum atomic E-state index is 11.5. The number of amides is 2. The van der Waals surface area contributed by atoms with E-state index < -0.39 is 18.2 Å². The molecule has 0 aliphatic carbocycles. The first-order valence-corrected chi connectivity index (χ1v) is 9.14. The van der Waals surface area contributed by atoms with E-state index >= 15 is 0 Å². The van der Waals surface area contributed by atoms with Crippen molar-refractivity contribution in [3.8, 4) is 0 Å². The minimum absolute atomic E-state index is 0.0157. The van der Waals surface area contributed by atoms with Crippen molar-refractivity contribution in [1.82, 2.24) is 19.6 Å². The van der Waals surface area contributed by atoms with Gasteiger partial charge in [-0.1, -0.05) is 0 Å². The molecule has 1 atom stereocenters. The quantitative estimate of drug-likeness (QED) is 0.346. The fraction of sp³-hybridized carbons (Fsp3) is 0.812. The molecule has 0 spiro atoms. The summed E-state index contributed by atoms with van der Waals surface area (Å²) in [5, 5.41) is 46.6. The van der Waals surface area contributed by atoms with Crippen molar-refractivity contribution in [3.63, 3.8) is 0 Å². The highest BCUT2D eigenvalue weighted by atomic mass is 16.4. The monoisotopic (exact) mass is 406 g/mol. The Balaban J connectivity index is 2.98. The number of carboxylic acid groups (broad SMARTS) is 3. The highest BCUT2D eigenvalue weighted by molar-refractivity contribution is 5.69. The van der Waals surface area contributed by atoms with Crippen molar-refractivity contribution in [3.05, 3.63) is 0 Å². The summed E-state index contributed by atoms with van der Waals surface area (Å²) in [4.78, 5) is 39.6. The van der Waals surface area contributed by atoms with Crippen LogP contribution in [0.3, 0.4) is 0 Å². The Labute approximate surface area is 163 Å². The first-order chi connectivity index (χ1) is 13.3. The number of hydrogen-bond acceptors (Lipinski definition) is 7. The molecule has 1 fully saturated rings. The average Bonchev–Trinajstić information content (AvgIpc) is 2.61. The van der Waals surface area contributed by atoms with Gasteiger partial charge in [-0.15, -0.1) is 0 Å². The molecule has 0 aromatic carbocycles. The van der Waals surface area contributed by atoms with Crippen LogP contribution in [0.2, 0.25) is 0 Å². The summed E-state index contributed by atoms with van der Waals surface area (Å²) in [6.07, 6.45) is -2.06. The van der Waals surface area contributed by atoms with E-state index in [0.29, 0.717) is 19.5 Å². The van der Waals surface area contributed by atoms with E-state index in [9.17, 15) is 34.8 Å². The second-order valence-corrected chi connectivity index (χ2v) is 6.59.